The summed E-state index contributed by atoms with van der Waals surface area (Å²) in [7, 11) is 0. The number of aliphatic carboxylic acids is 1. The fraction of sp³-hybridized carbons (Fsp3) is 0.368. The molecule has 29 heavy (non-hydrogen) atoms. The Kier molecular flexibility index (Phi) is 6.81. The summed E-state index contributed by atoms with van der Waals surface area (Å²) in [5.41, 5.74) is 5.49. The van der Waals surface area contributed by atoms with Crippen molar-refractivity contribution < 1.29 is 29.0 Å². The van der Waals surface area contributed by atoms with E-state index in [1.165, 1.54) is 6.07 Å². The summed E-state index contributed by atoms with van der Waals surface area (Å²) < 4.78 is 5.28. The molecule has 0 spiro atoms. The molecule has 0 saturated heterocycles. The Morgan fingerprint density at radius 1 is 1.21 bits per heavy atom. The second-order valence-electron chi connectivity index (χ2n) is 6.65. The number of carboxylic acids is 1. The molecule has 1 aromatic carbocycles. The normalized spacial score (nSPS) is 11.8. The van der Waals surface area contributed by atoms with Crippen LogP contribution in [0.5, 0.6) is 5.75 Å². The Morgan fingerprint density at radius 3 is 2.52 bits per heavy atom. The predicted octanol–water partition coefficient (Wildman–Crippen LogP) is 0.676. The summed E-state index contributed by atoms with van der Waals surface area (Å²) >= 11 is 0. The minimum absolute atomic E-state index is 0.0133. The monoisotopic (exact) mass is 405 g/mol. The van der Waals surface area contributed by atoms with Gasteiger partial charge < -0.3 is 31.0 Å². The standard InChI is InChI=1S/C19H23N3O7/c1-9-11-5-6-14(23)10(2)16(11)29-18(27)12(9)8-15(24)22-13(17(25)26)4-3-7-21-19(20)28/h5-6,13,23H,3-4,7-8H2,1-2H3,(H,22,24)(H,25,26)(H3,20,21,28)/t13-/m0/s1. The molecule has 0 bridgehead atoms. The molecule has 1 heterocycles. The Hall–Kier alpha value is -3.56. The Labute approximate surface area is 165 Å². The van der Waals surface area contributed by atoms with E-state index in [1.807, 2.05) is 0 Å². The van der Waals surface area contributed by atoms with E-state index in [2.05, 4.69) is 10.6 Å². The van der Waals surface area contributed by atoms with Crippen LogP contribution in [0.1, 0.15) is 29.5 Å². The first-order valence-electron chi connectivity index (χ1n) is 8.92. The largest absolute Gasteiger partial charge is 0.508 e. The van der Waals surface area contributed by atoms with E-state index >= 15 is 0 Å². The van der Waals surface area contributed by atoms with Crippen LogP contribution in [0.25, 0.3) is 11.0 Å². The van der Waals surface area contributed by atoms with Crippen molar-refractivity contribution in [3.8, 4) is 5.75 Å². The number of aromatic hydroxyl groups is 1. The van der Waals surface area contributed by atoms with Crippen molar-refractivity contribution in [1.82, 2.24) is 10.6 Å². The molecule has 10 nitrogen and oxygen atoms in total. The van der Waals surface area contributed by atoms with Crippen LogP contribution in [0.4, 0.5) is 4.79 Å². The molecule has 0 aliphatic carbocycles. The maximum atomic E-state index is 12.4. The van der Waals surface area contributed by atoms with Gasteiger partial charge in [-0.3, -0.25) is 4.79 Å². The number of hydrogen-bond donors (Lipinski definition) is 5. The van der Waals surface area contributed by atoms with Gasteiger partial charge in [0.05, 0.1) is 12.0 Å². The molecule has 10 heteroatoms. The number of phenolic OH excluding ortho intramolecular Hbond substituents is 1. The van der Waals surface area contributed by atoms with Crippen LogP contribution in [-0.4, -0.2) is 40.7 Å². The summed E-state index contributed by atoms with van der Waals surface area (Å²) in [6.45, 7) is 3.44. The zero-order valence-electron chi connectivity index (χ0n) is 16.1. The van der Waals surface area contributed by atoms with Gasteiger partial charge in [-0.2, -0.15) is 0 Å². The van der Waals surface area contributed by atoms with E-state index in [4.69, 9.17) is 10.2 Å². The van der Waals surface area contributed by atoms with Crippen molar-refractivity contribution in [3.63, 3.8) is 0 Å². The summed E-state index contributed by atoms with van der Waals surface area (Å²) in [6, 6.07) is 1.16. The number of carbonyl (C=O) groups is 3. The third-order valence-electron chi connectivity index (χ3n) is 4.61. The number of carbonyl (C=O) groups excluding carboxylic acids is 2. The van der Waals surface area contributed by atoms with Crippen LogP contribution < -0.4 is 22.0 Å². The van der Waals surface area contributed by atoms with E-state index in [9.17, 15) is 29.4 Å². The molecular weight excluding hydrogens is 382 g/mol. The third-order valence-corrected chi connectivity index (χ3v) is 4.61. The maximum Gasteiger partial charge on any atom is 0.340 e. The van der Waals surface area contributed by atoms with Gasteiger partial charge in [0.15, 0.2) is 0 Å². The fourth-order valence-corrected chi connectivity index (χ4v) is 2.96. The van der Waals surface area contributed by atoms with Crippen molar-refractivity contribution in [2.75, 3.05) is 6.54 Å². The molecule has 0 aliphatic rings. The Bertz CT molecular complexity index is 1010. The topological polar surface area (TPSA) is 172 Å². The van der Waals surface area contributed by atoms with Crippen molar-refractivity contribution in [2.45, 2.75) is 39.2 Å². The number of urea groups is 1. The van der Waals surface area contributed by atoms with Gasteiger partial charge in [-0.1, -0.05) is 0 Å². The first-order chi connectivity index (χ1) is 13.6. The highest BCUT2D eigenvalue weighted by Crippen LogP contribution is 2.28. The molecule has 1 aromatic heterocycles. The molecule has 0 radical (unpaired) electrons. The molecule has 6 N–H and O–H groups in total. The van der Waals surface area contributed by atoms with E-state index in [1.54, 1.807) is 19.9 Å². The lowest BCUT2D eigenvalue weighted by molar-refractivity contribution is -0.141. The average Bonchev–Trinajstić information content (AvgIpc) is 2.64. The molecule has 2 rings (SSSR count). The van der Waals surface area contributed by atoms with E-state index in [0.717, 1.165) is 0 Å². The highest BCUT2D eigenvalue weighted by atomic mass is 16.4. The van der Waals surface area contributed by atoms with E-state index < -0.39 is 29.6 Å². The van der Waals surface area contributed by atoms with Gasteiger partial charge in [0.1, 0.15) is 17.4 Å². The van der Waals surface area contributed by atoms with Gasteiger partial charge in [-0.25, -0.2) is 14.4 Å². The maximum absolute atomic E-state index is 12.4. The van der Waals surface area contributed by atoms with Gasteiger partial charge in [-0.05, 0) is 44.4 Å². The van der Waals surface area contributed by atoms with Crippen LogP contribution in [0.15, 0.2) is 21.3 Å². The van der Waals surface area contributed by atoms with Crippen molar-refractivity contribution in [2.24, 2.45) is 5.73 Å². The Morgan fingerprint density at radius 2 is 1.90 bits per heavy atom. The molecule has 156 valence electrons. The number of primary amides is 1. The van der Waals surface area contributed by atoms with Gasteiger partial charge in [-0.15, -0.1) is 0 Å². The summed E-state index contributed by atoms with van der Waals surface area (Å²) in [6.07, 6.45) is 0.0125. The summed E-state index contributed by atoms with van der Waals surface area (Å²) in [4.78, 5) is 46.7. The smallest absolute Gasteiger partial charge is 0.340 e. The zero-order valence-corrected chi connectivity index (χ0v) is 16.1. The van der Waals surface area contributed by atoms with Gasteiger partial charge in [0.2, 0.25) is 5.91 Å². The second kappa shape index (κ2) is 9.09. The molecule has 0 aliphatic heterocycles. The van der Waals surface area contributed by atoms with Crippen molar-refractivity contribution >= 4 is 28.9 Å². The number of phenols is 1. The van der Waals surface area contributed by atoms with Crippen LogP contribution in [0, 0.1) is 13.8 Å². The van der Waals surface area contributed by atoms with Gasteiger partial charge in [0.25, 0.3) is 0 Å². The number of benzene rings is 1. The molecule has 1 atom stereocenters. The van der Waals surface area contributed by atoms with Gasteiger partial charge in [0, 0.05) is 17.5 Å². The fourth-order valence-electron chi connectivity index (χ4n) is 2.96. The van der Waals surface area contributed by atoms with Crippen LogP contribution in [0.2, 0.25) is 0 Å². The summed E-state index contributed by atoms with van der Waals surface area (Å²) in [5, 5.41) is 24.3. The molecule has 3 amide bonds. The average molecular weight is 405 g/mol. The molecule has 0 saturated carbocycles. The lowest BCUT2D eigenvalue weighted by Gasteiger charge is -2.15. The van der Waals surface area contributed by atoms with Crippen LogP contribution in [0.3, 0.4) is 0 Å². The molecular formula is C19H23N3O7. The number of nitrogens with one attached hydrogen (secondary N) is 2. The molecule has 0 unspecified atom stereocenters. The summed E-state index contributed by atoms with van der Waals surface area (Å²) in [5.74, 6) is -1.89. The van der Waals surface area contributed by atoms with E-state index in [-0.39, 0.29) is 36.3 Å². The number of rotatable bonds is 8. The quantitative estimate of drug-likeness (QED) is 0.317. The number of hydrogen-bond acceptors (Lipinski definition) is 6. The first kappa shape index (κ1) is 21.7. The molecule has 2 aromatic rings. The Balaban J connectivity index is 2.16. The van der Waals surface area contributed by atoms with Crippen molar-refractivity contribution in [3.05, 3.63) is 39.2 Å². The highest BCUT2D eigenvalue weighted by molar-refractivity contribution is 5.88. The van der Waals surface area contributed by atoms with Crippen LogP contribution in [-0.2, 0) is 16.0 Å². The minimum Gasteiger partial charge on any atom is -0.508 e. The minimum atomic E-state index is -1.23. The lowest BCUT2D eigenvalue weighted by Crippen LogP contribution is -2.42. The van der Waals surface area contributed by atoms with E-state index in [0.29, 0.717) is 22.9 Å². The van der Waals surface area contributed by atoms with Crippen molar-refractivity contribution in [1.29, 1.82) is 0 Å². The SMILES string of the molecule is Cc1c(CC(=O)N[C@@H](CCCNC(N)=O)C(=O)O)c(=O)oc2c(C)c(O)ccc12. The zero-order chi connectivity index (χ0) is 21.7. The van der Waals surface area contributed by atoms with Gasteiger partial charge >= 0.3 is 17.6 Å². The molecule has 0 fully saturated rings. The second-order valence-corrected chi connectivity index (χ2v) is 6.65. The van der Waals surface area contributed by atoms with Crippen LogP contribution >= 0.6 is 0 Å². The number of carboxylic acid groups (broad SMARTS) is 1. The number of fused-ring (bicyclic) bond motifs is 1. The lowest BCUT2D eigenvalue weighted by atomic mass is 10.0. The third kappa shape index (κ3) is 5.24. The first-order valence-corrected chi connectivity index (χ1v) is 8.92. The number of aryl methyl sites for hydroxylation is 2. The predicted molar refractivity (Wildman–Crippen MR) is 104 cm³/mol. The number of amides is 3. The highest BCUT2D eigenvalue weighted by Gasteiger charge is 2.22. The number of nitrogens with two attached hydrogens (primary N) is 1.